The number of hydrogen-bond acceptors (Lipinski definition) is 2. The fourth-order valence-corrected chi connectivity index (χ4v) is 2.67. The van der Waals surface area contributed by atoms with Gasteiger partial charge in [-0.2, -0.15) is 0 Å². The molecule has 0 atom stereocenters. The molecule has 1 fully saturated rings. The first-order chi connectivity index (χ1) is 8.19. The molecular weight excluding hydrogens is 211 g/mol. The maximum absolute atomic E-state index is 12.0. The van der Waals surface area contributed by atoms with Gasteiger partial charge < -0.3 is 5.32 Å². The topological polar surface area (TPSA) is 41.5 Å². The van der Waals surface area contributed by atoms with Gasteiger partial charge in [0, 0.05) is 5.56 Å². The Bertz CT molecular complexity index is 487. The molecule has 0 aromatic heterocycles. The van der Waals surface area contributed by atoms with Crippen LogP contribution in [0.1, 0.15) is 31.2 Å². The van der Waals surface area contributed by atoms with Gasteiger partial charge in [-0.1, -0.05) is 29.7 Å². The molecule has 1 aliphatic heterocycles. The van der Waals surface area contributed by atoms with Gasteiger partial charge in [-0.15, -0.1) is 0 Å². The van der Waals surface area contributed by atoms with Crippen molar-refractivity contribution in [2.45, 2.75) is 31.3 Å². The Morgan fingerprint density at radius 1 is 1.18 bits per heavy atom. The predicted molar refractivity (Wildman–Crippen MR) is 70.5 cm³/mol. The Morgan fingerprint density at radius 2 is 1.82 bits per heavy atom. The average molecular weight is 226 g/mol. The fraction of sp³-hybridized carbons (Fsp3) is 0.385. The second-order valence-electron chi connectivity index (χ2n) is 5.02. The van der Waals surface area contributed by atoms with Gasteiger partial charge in [-0.05, 0) is 25.7 Å². The first-order valence-corrected chi connectivity index (χ1v) is 6.18. The summed E-state index contributed by atoms with van der Waals surface area (Å²) in [5.41, 5.74) is 2.45. The number of carbonyl (C=O) groups excluding carboxylic acids is 1. The molecule has 1 aromatic rings. The fourth-order valence-electron chi connectivity index (χ4n) is 2.67. The molecule has 4 heteroatoms. The van der Waals surface area contributed by atoms with Gasteiger partial charge in [0.15, 0.2) is 0 Å². The lowest BCUT2D eigenvalue weighted by Gasteiger charge is -2.18. The molecule has 1 heterocycles. The third-order valence-electron chi connectivity index (χ3n) is 3.64. The number of aliphatic imine (C=N–C) groups is 1. The zero-order valence-corrected chi connectivity index (χ0v) is 9.99. The van der Waals surface area contributed by atoms with E-state index in [0.717, 1.165) is 31.2 Å². The number of nitrogens with zero attached hydrogens (tertiary/aromatic N) is 1. The molecule has 2 aliphatic rings. The van der Waals surface area contributed by atoms with Crippen LogP contribution < -0.4 is 10.8 Å². The van der Waals surface area contributed by atoms with E-state index in [0.29, 0.717) is 5.71 Å². The molecule has 0 bridgehead atoms. The summed E-state index contributed by atoms with van der Waals surface area (Å²) in [6.45, 7) is 0. The van der Waals surface area contributed by atoms with Gasteiger partial charge in [0.2, 0.25) is 0 Å². The van der Waals surface area contributed by atoms with Crippen LogP contribution in [0.2, 0.25) is 0 Å². The molecule has 17 heavy (non-hydrogen) atoms. The molecule has 1 aromatic carbocycles. The van der Waals surface area contributed by atoms with E-state index in [2.05, 4.69) is 10.3 Å². The largest absolute Gasteiger partial charge is 0.326 e. The minimum absolute atomic E-state index is 0.0178. The van der Waals surface area contributed by atoms with Crippen molar-refractivity contribution in [3.63, 3.8) is 0 Å². The highest BCUT2D eigenvalue weighted by Gasteiger charge is 2.41. The standard InChI is InChI=1S/C13H15BN2O/c14-10-5-3-9(4-6-10)11-12(17)16-13(15-11)7-1-2-8-13/h3-6H,1-2,7-8,14H2,(H,16,17). The molecule has 1 spiro atoms. The molecular formula is C13H15BN2O. The monoisotopic (exact) mass is 226 g/mol. The summed E-state index contributed by atoms with van der Waals surface area (Å²) in [5.74, 6) is -0.0178. The summed E-state index contributed by atoms with van der Waals surface area (Å²) in [6.07, 6.45) is 4.28. The number of amides is 1. The maximum atomic E-state index is 12.0. The number of benzene rings is 1. The lowest BCUT2D eigenvalue weighted by Crippen LogP contribution is -2.39. The Hall–Kier alpha value is -1.58. The van der Waals surface area contributed by atoms with Crippen LogP contribution in [0.25, 0.3) is 0 Å². The predicted octanol–water partition coefficient (Wildman–Crippen LogP) is 0.134. The lowest BCUT2D eigenvalue weighted by atomic mass is 9.94. The van der Waals surface area contributed by atoms with Crippen molar-refractivity contribution in [1.29, 1.82) is 0 Å². The van der Waals surface area contributed by atoms with E-state index in [1.165, 1.54) is 5.46 Å². The van der Waals surface area contributed by atoms with Crippen molar-refractivity contribution >= 4 is 24.9 Å². The van der Waals surface area contributed by atoms with Crippen molar-refractivity contribution in [3.8, 4) is 0 Å². The van der Waals surface area contributed by atoms with E-state index in [9.17, 15) is 4.79 Å². The maximum Gasteiger partial charge on any atom is 0.272 e. The zero-order chi connectivity index (χ0) is 11.9. The van der Waals surface area contributed by atoms with Gasteiger partial charge in [0.25, 0.3) is 5.91 Å². The Kier molecular flexibility index (Phi) is 2.32. The molecule has 1 aliphatic carbocycles. The van der Waals surface area contributed by atoms with Gasteiger partial charge in [0.05, 0.1) is 0 Å². The molecule has 0 saturated heterocycles. The third kappa shape index (κ3) is 1.77. The number of rotatable bonds is 1. The van der Waals surface area contributed by atoms with Crippen LogP contribution in [0.15, 0.2) is 29.3 Å². The van der Waals surface area contributed by atoms with Crippen molar-refractivity contribution in [2.24, 2.45) is 4.99 Å². The van der Waals surface area contributed by atoms with E-state index in [-0.39, 0.29) is 11.6 Å². The highest BCUT2D eigenvalue weighted by atomic mass is 16.2. The Balaban J connectivity index is 1.97. The highest BCUT2D eigenvalue weighted by molar-refractivity contribution is 6.47. The van der Waals surface area contributed by atoms with E-state index in [4.69, 9.17) is 0 Å². The molecule has 1 saturated carbocycles. The normalized spacial score (nSPS) is 21.6. The molecule has 86 valence electrons. The molecule has 1 amide bonds. The van der Waals surface area contributed by atoms with E-state index in [1.54, 1.807) is 0 Å². The van der Waals surface area contributed by atoms with Crippen LogP contribution >= 0.6 is 0 Å². The molecule has 3 rings (SSSR count). The minimum Gasteiger partial charge on any atom is -0.326 e. The van der Waals surface area contributed by atoms with Crippen molar-refractivity contribution < 1.29 is 4.79 Å². The smallest absolute Gasteiger partial charge is 0.272 e. The minimum atomic E-state index is -0.280. The summed E-state index contributed by atoms with van der Waals surface area (Å²) in [7, 11) is 2.04. The summed E-state index contributed by atoms with van der Waals surface area (Å²) < 4.78 is 0. The van der Waals surface area contributed by atoms with Gasteiger partial charge in [-0.3, -0.25) is 9.79 Å². The summed E-state index contributed by atoms with van der Waals surface area (Å²) in [6, 6.07) is 7.99. The van der Waals surface area contributed by atoms with Gasteiger partial charge in [-0.25, -0.2) is 0 Å². The second-order valence-corrected chi connectivity index (χ2v) is 5.02. The van der Waals surface area contributed by atoms with E-state index < -0.39 is 0 Å². The zero-order valence-electron chi connectivity index (χ0n) is 9.99. The molecule has 0 radical (unpaired) electrons. The lowest BCUT2D eigenvalue weighted by molar-refractivity contribution is -0.115. The van der Waals surface area contributed by atoms with Crippen LogP contribution in [-0.2, 0) is 4.79 Å². The quantitative estimate of drug-likeness (QED) is 0.679. The summed E-state index contributed by atoms with van der Waals surface area (Å²) in [4.78, 5) is 16.6. The van der Waals surface area contributed by atoms with Crippen LogP contribution in [0.5, 0.6) is 0 Å². The molecule has 0 unspecified atom stereocenters. The Labute approximate surface area is 102 Å². The summed E-state index contributed by atoms with van der Waals surface area (Å²) in [5, 5.41) is 3.05. The Morgan fingerprint density at radius 3 is 2.47 bits per heavy atom. The van der Waals surface area contributed by atoms with E-state index >= 15 is 0 Å². The van der Waals surface area contributed by atoms with Crippen LogP contribution in [0.3, 0.4) is 0 Å². The van der Waals surface area contributed by atoms with Gasteiger partial charge in [0.1, 0.15) is 19.2 Å². The molecule has 3 nitrogen and oxygen atoms in total. The van der Waals surface area contributed by atoms with Crippen LogP contribution in [0, 0.1) is 0 Å². The SMILES string of the molecule is Bc1ccc(C2=NC3(CCCC3)NC2=O)cc1. The first kappa shape index (κ1) is 10.6. The van der Waals surface area contributed by atoms with E-state index in [1.807, 2.05) is 32.1 Å². The van der Waals surface area contributed by atoms with Crippen molar-refractivity contribution in [1.82, 2.24) is 5.32 Å². The highest BCUT2D eigenvalue weighted by Crippen LogP contribution is 2.34. The summed E-state index contributed by atoms with van der Waals surface area (Å²) >= 11 is 0. The first-order valence-electron chi connectivity index (χ1n) is 6.18. The third-order valence-corrected chi connectivity index (χ3v) is 3.64. The van der Waals surface area contributed by atoms with Crippen LogP contribution in [-0.4, -0.2) is 25.1 Å². The number of hydrogen-bond donors (Lipinski definition) is 1. The van der Waals surface area contributed by atoms with Gasteiger partial charge >= 0.3 is 0 Å². The number of carbonyl (C=O) groups is 1. The van der Waals surface area contributed by atoms with Crippen LogP contribution in [0.4, 0.5) is 0 Å². The average Bonchev–Trinajstić information content (AvgIpc) is 2.88. The second kappa shape index (κ2) is 3.72. The van der Waals surface area contributed by atoms with Crippen molar-refractivity contribution in [2.75, 3.05) is 0 Å². The molecule has 1 N–H and O–H groups in total. The number of nitrogens with one attached hydrogen (secondary N) is 1. The van der Waals surface area contributed by atoms with Crippen molar-refractivity contribution in [3.05, 3.63) is 29.8 Å².